The van der Waals surface area contributed by atoms with Gasteiger partial charge in [-0.1, -0.05) is 158 Å². The number of nitrogens with zero attached hydrogens (tertiary/aromatic N) is 4. The van der Waals surface area contributed by atoms with Crippen molar-refractivity contribution >= 4 is 66.5 Å². The molecule has 0 unspecified atom stereocenters. The SMILES string of the molecule is C1=c2c(n(-c3nc(-c4ccc(-c5cccc6ccccc56)cc4)c4ccccc4n3)c3cc(-c4cccc5c4c4ccccc4n5-c4ccccc4)ccc23)=CCC1. The largest absolute Gasteiger partial charge is 0.309 e. The van der Waals surface area contributed by atoms with E-state index in [1.807, 2.05) is 0 Å². The fourth-order valence-electron chi connectivity index (χ4n) is 9.36. The van der Waals surface area contributed by atoms with Crippen LogP contribution in [0.25, 0.3) is 112 Å². The van der Waals surface area contributed by atoms with Gasteiger partial charge in [0.25, 0.3) is 0 Å². The van der Waals surface area contributed by atoms with Gasteiger partial charge in [-0.3, -0.25) is 4.57 Å². The first kappa shape index (κ1) is 32.7. The van der Waals surface area contributed by atoms with Crippen LogP contribution in [-0.2, 0) is 0 Å². The Hall–Kier alpha value is -7.56. The highest BCUT2D eigenvalue weighted by atomic mass is 15.2. The van der Waals surface area contributed by atoms with Crippen LogP contribution in [0.3, 0.4) is 0 Å². The van der Waals surface area contributed by atoms with Gasteiger partial charge < -0.3 is 4.57 Å². The Bertz CT molecular complexity index is 3550. The number of benzene rings is 8. The van der Waals surface area contributed by atoms with E-state index in [0.29, 0.717) is 5.95 Å². The molecule has 0 aliphatic heterocycles. The molecule has 4 nitrogen and oxygen atoms in total. The highest BCUT2D eigenvalue weighted by molar-refractivity contribution is 6.16. The molecule has 0 fully saturated rings. The number of para-hydroxylation sites is 3. The molecule has 0 saturated heterocycles. The fraction of sp³-hybridized carbons (Fsp3) is 0.0370. The van der Waals surface area contributed by atoms with Crippen molar-refractivity contribution in [3.05, 3.63) is 193 Å². The molecule has 3 heterocycles. The number of hydrogen-bond donors (Lipinski definition) is 0. The maximum absolute atomic E-state index is 5.47. The lowest BCUT2D eigenvalue weighted by Crippen LogP contribution is -2.31. The van der Waals surface area contributed by atoms with Crippen LogP contribution in [0.15, 0.2) is 182 Å². The number of rotatable bonds is 5. The highest BCUT2D eigenvalue weighted by Gasteiger charge is 2.20. The average Bonchev–Trinajstić information content (AvgIpc) is 3.81. The van der Waals surface area contributed by atoms with Crippen LogP contribution in [0.4, 0.5) is 0 Å². The van der Waals surface area contributed by atoms with Crippen LogP contribution in [0, 0.1) is 0 Å². The van der Waals surface area contributed by atoms with Gasteiger partial charge in [0.15, 0.2) is 0 Å². The lowest BCUT2D eigenvalue weighted by molar-refractivity contribution is 0.938. The molecular weight excluding hydrogens is 705 g/mol. The molecular formula is C54H36N4. The van der Waals surface area contributed by atoms with E-state index in [4.69, 9.17) is 9.97 Å². The quantitative estimate of drug-likeness (QED) is 0.176. The van der Waals surface area contributed by atoms with Crippen LogP contribution in [0.2, 0.25) is 0 Å². The summed E-state index contributed by atoms with van der Waals surface area (Å²) in [6, 6.07) is 65.5. The standard InChI is InChI=1S/C54H36N4/c1-2-16-39(17-3-1)57-49-26-11-8-21-46(49)52-42(23-13-27-50(52)57)38-32-33-44-43-19-7-10-25-48(43)58(51(44)34-38)54-55-47-24-9-6-20-45(47)53(56-54)37-30-28-36(29-31-37)41-22-12-15-35-14-4-5-18-40(35)41/h1-6,8-9,11-34H,7,10H2. The Kier molecular flexibility index (Phi) is 7.32. The zero-order valence-electron chi connectivity index (χ0n) is 31.7. The summed E-state index contributed by atoms with van der Waals surface area (Å²) in [6.07, 6.45) is 6.74. The van der Waals surface area contributed by atoms with Gasteiger partial charge in [0, 0.05) is 38.0 Å². The lowest BCUT2D eigenvalue weighted by atomic mass is 9.96. The number of aromatic nitrogens is 4. The summed E-state index contributed by atoms with van der Waals surface area (Å²) in [7, 11) is 0. The van der Waals surface area contributed by atoms with Crippen LogP contribution in [0.1, 0.15) is 12.8 Å². The topological polar surface area (TPSA) is 35.6 Å². The van der Waals surface area contributed by atoms with Crippen molar-refractivity contribution in [1.82, 2.24) is 19.1 Å². The summed E-state index contributed by atoms with van der Waals surface area (Å²) >= 11 is 0. The first-order valence-corrected chi connectivity index (χ1v) is 20.1. The normalized spacial score (nSPS) is 12.6. The first-order chi connectivity index (χ1) is 28.8. The third-order valence-corrected chi connectivity index (χ3v) is 12.0. The number of fused-ring (bicyclic) bond motifs is 8. The molecule has 0 spiro atoms. The van der Waals surface area contributed by atoms with Gasteiger partial charge in [0.05, 0.1) is 33.1 Å². The zero-order chi connectivity index (χ0) is 38.2. The minimum Gasteiger partial charge on any atom is -0.309 e. The Labute approximate surface area is 334 Å². The third-order valence-electron chi connectivity index (χ3n) is 12.0. The molecule has 1 aliphatic rings. The number of hydrogen-bond acceptors (Lipinski definition) is 2. The Morgan fingerprint density at radius 3 is 1.98 bits per heavy atom. The van der Waals surface area contributed by atoms with Crippen molar-refractivity contribution < 1.29 is 0 Å². The molecule has 0 bridgehead atoms. The van der Waals surface area contributed by atoms with Crippen LogP contribution < -0.4 is 10.6 Å². The van der Waals surface area contributed by atoms with E-state index in [2.05, 4.69) is 203 Å². The molecule has 58 heavy (non-hydrogen) atoms. The van der Waals surface area contributed by atoms with Gasteiger partial charge in [0.1, 0.15) is 0 Å². The van der Waals surface area contributed by atoms with Gasteiger partial charge >= 0.3 is 0 Å². The Morgan fingerprint density at radius 2 is 1.09 bits per heavy atom. The molecule has 0 radical (unpaired) electrons. The van der Waals surface area contributed by atoms with Gasteiger partial charge in [-0.15, -0.1) is 0 Å². The molecule has 3 aromatic heterocycles. The molecule has 11 aromatic rings. The smallest absolute Gasteiger partial charge is 0.235 e. The molecule has 0 amide bonds. The summed E-state index contributed by atoms with van der Waals surface area (Å²) in [5.41, 5.74) is 12.3. The van der Waals surface area contributed by atoms with Crippen molar-refractivity contribution in [2.24, 2.45) is 0 Å². The van der Waals surface area contributed by atoms with Crippen LogP contribution >= 0.6 is 0 Å². The van der Waals surface area contributed by atoms with E-state index < -0.39 is 0 Å². The minimum absolute atomic E-state index is 0.681. The van der Waals surface area contributed by atoms with Gasteiger partial charge in [-0.2, -0.15) is 0 Å². The van der Waals surface area contributed by atoms with E-state index >= 15 is 0 Å². The summed E-state index contributed by atoms with van der Waals surface area (Å²) < 4.78 is 4.69. The second-order valence-corrected chi connectivity index (χ2v) is 15.2. The second kappa shape index (κ2) is 13.0. The summed E-state index contributed by atoms with van der Waals surface area (Å²) in [5, 5.41) is 9.64. The minimum atomic E-state index is 0.681. The lowest BCUT2D eigenvalue weighted by Gasteiger charge is -2.13. The van der Waals surface area contributed by atoms with Crippen molar-refractivity contribution in [3.63, 3.8) is 0 Å². The highest BCUT2D eigenvalue weighted by Crippen LogP contribution is 2.39. The molecule has 0 saturated carbocycles. The summed E-state index contributed by atoms with van der Waals surface area (Å²) in [5.74, 6) is 0.681. The fourth-order valence-corrected chi connectivity index (χ4v) is 9.36. The third kappa shape index (κ3) is 5.01. The van der Waals surface area contributed by atoms with Gasteiger partial charge in [0.2, 0.25) is 5.95 Å². The predicted molar refractivity (Wildman–Crippen MR) is 242 cm³/mol. The molecule has 0 atom stereocenters. The van der Waals surface area contributed by atoms with Gasteiger partial charge in [-0.05, 0) is 82.3 Å². The van der Waals surface area contributed by atoms with E-state index in [1.54, 1.807) is 0 Å². The molecule has 1 aliphatic carbocycles. The van der Waals surface area contributed by atoms with E-state index in [-0.39, 0.29) is 0 Å². The summed E-state index contributed by atoms with van der Waals surface area (Å²) in [4.78, 5) is 10.8. The Balaban J connectivity index is 1.06. The van der Waals surface area contributed by atoms with E-state index in [1.165, 1.54) is 59.9 Å². The molecule has 0 N–H and O–H groups in total. The average molecular weight is 741 g/mol. The second-order valence-electron chi connectivity index (χ2n) is 15.2. The molecule has 8 aromatic carbocycles. The van der Waals surface area contributed by atoms with Gasteiger partial charge in [-0.25, -0.2) is 9.97 Å². The monoisotopic (exact) mass is 740 g/mol. The van der Waals surface area contributed by atoms with Crippen LogP contribution in [0.5, 0.6) is 0 Å². The molecule has 12 rings (SSSR count). The maximum atomic E-state index is 5.47. The summed E-state index contributed by atoms with van der Waals surface area (Å²) in [6.45, 7) is 0. The Morgan fingerprint density at radius 1 is 0.414 bits per heavy atom. The maximum Gasteiger partial charge on any atom is 0.235 e. The molecule has 272 valence electrons. The van der Waals surface area contributed by atoms with Crippen molar-refractivity contribution in [1.29, 1.82) is 0 Å². The first-order valence-electron chi connectivity index (χ1n) is 20.1. The van der Waals surface area contributed by atoms with Crippen molar-refractivity contribution in [2.75, 3.05) is 0 Å². The molecule has 4 heteroatoms. The van der Waals surface area contributed by atoms with E-state index in [9.17, 15) is 0 Å². The van der Waals surface area contributed by atoms with Crippen LogP contribution in [-0.4, -0.2) is 19.1 Å². The van der Waals surface area contributed by atoms with Crippen molar-refractivity contribution in [3.8, 4) is 45.1 Å². The van der Waals surface area contributed by atoms with E-state index in [0.717, 1.165) is 57.1 Å². The van der Waals surface area contributed by atoms with Crippen molar-refractivity contribution in [2.45, 2.75) is 12.8 Å². The predicted octanol–water partition coefficient (Wildman–Crippen LogP) is 12.2. The zero-order valence-corrected chi connectivity index (χ0v) is 31.7.